The van der Waals surface area contributed by atoms with E-state index < -0.39 is 0 Å². The molecule has 1 unspecified atom stereocenters. The number of carbonyl (C=O) groups is 1. The van der Waals surface area contributed by atoms with Crippen molar-refractivity contribution in [1.29, 1.82) is 0 Å². The van der Waals surface area contributed by atoms with E-state index in [2.05, 4.69) is 10.2 Å². The Balaban J connectivity index is 1.93. The van der Waals surface area contributed by atoms with Crippen LogP contribution >= 0.6 is 0 Å². The lowest BCUT2D eigenvalue weighted by Gasteiger charge is -2.27. The Morgan fingerprint density at radius 3 is 2.65 bits per heavy atom. The Labute approximate surface area is 120 Å². The summed E-state index contributed by atoms with van der Waals surface area (Å²) in [5.41, 5.74) is 7.10. The molecule has 5 nitrogen and oxygen atoms in total. The van der Waals surface area contributed by atoms with Gasteiger partial charge < -0.3 is 15.8 Å². The zero-order chi connectivity index (χ0) is 14.5. The Morgan fingerprint density at radius 1 is 1.45 bits per heavy atom. The number of methoxy groups -OCH3 is 1. The van der Waals surface area contributed by atoms with Crippen LogP contribution in [0.15, 0.2) is 24.3 Å². The summed E-state index contributed by atoms with van der Waals surface area (Å²) in [4.78, 5) is 14.5. The molecule has 2 rings (SSSR count). The van der Waals surface area contributed by atoms with Crippen LogP contribution in [0.25, 0.3) is 0 Å². The number of nitrogens with zero attached hydrogens (tertiary/aromatic N) is 1. The molecule has 20 heavy (non-hydrogen) atoms. The summed E-state index contributed by atoms with van der Waals surface area (Å²) in [5.74, 6) is 0.0118. The summed E-state index contributed by atoms with van der Waals surface area (Å²) in [6.45, 7) is 3.38. The summed E-state index contributed by atoms with van der Waals surface area (Å²) in [5, 5.41) is 2.93. The monoisotopic (exact) mass is 277 g/mol. The Morgan fingerprint density at radius 2 is 2.10 bits per heavy atom. The van der Waals surface area contributed by atoms with E-state index >= 15 is 0 Å². The molecule has 0 radical (unpaired) electrons. The van der Waals surface area contributed by atoms with Crippen LogP contribution in [0.5, 0.6) is 0 Å². The highest BCUT2D eigenvalue weighted by molar-refractivity contribution is 5.94. The molecule has 0 aromatic heterocycles. The van der Waals surface area contributed by atoms with E-state index in [0.717, 1.165) is 12.2 Å². The van der Waals surface area contributed by atoms with Crippen molar-refractivity contribution in [2.75, 3.05) is 31.3 Å². The number of hydrogen-bond donors (Lipinski definition) is 2. The number of rotatable bonds is 7. The predicted molar refractivity (Wildman–Crippen MR) is 80.6 cm³/mol. The zero-order valence-electron chi connectivity index (χ0n) is 12.1. The summed E-state index contributed by atoms with van der Waals surface area (Å²) in [6.07, 6.45) is 2.34. The fourth-order valence-corrected chi connectivity index (χ4v) is 2.26. The quantitative estimate of drug-likeness (QED) is 0.745. The van der Waals surface area contributed by atoms with E-state index in [1.807, 2.05) is 19.1 Å². The van der Waals surface area contributed by atoms with Crippen molar-refractivity contribution in [3.8, 4) is 0 Å². The number of hydrogen-bond acceptors (Lipinski definition) is 4. The molecule has 1 aromatic carbocycles. The minimum atomic E-state index is -0.157. The van der Waals surface area contributed by atoms with Crippen LogP contribution < -0.4 is 11.1 Å². The highest BCUT2D eigenvalue weighted by Crippen LogP contribution is 2.28. The van der Waals surface area contributed by atoms with Crippen LogP contribution in [-0.2, 0) is 9.53 Å². The smallest absolute Gasteiger partial charge is 0.241 e. The van der Waals surface area contributed by atoms with E-state index in [4.69, 9.17) is 10.5 Å². The molecule has 0 spiro atoms. The number of anilines is 2. The van der Waals surface area contributed by atoms with Crippen molar-refractivity contribution in [3.63, 3.8) is 0 Å². The molecule has 110 valence electrons. The number of carbonyl (C=O) groups excluding carboxylic acids is 1. The molecule has 0 aliphatic heterocycles. The molecular formula is C15H23N3O2. The van der Waals surface area contributed by atoms with E-state index in [1.54, 1.807) is 19.2 Å². The number of ether oxygens (including phenoxy) is 1. The van der Waals surface area contributed by atoms with Crippen LogP contribution in [0.1, 0.15) is 19.8 Å². The van der Waals surface area contributed by atoms with Gasteiger partial charge in [-0.15, -0.1) is 0 Å². The Bertz CT molecular complexity index is 443. The van der Waals surface area contributed by atoms with Crippen LogP contribution in [-0.4, -0.2) is 43.2 Å². The van der Waals surface area contributed by atoms with Crippen molar-refractivity contribution in [3.05, 3.63) is 24.3 Å². The lowest BCUT2D eigenvalue weighted by atomic mass is 10.2. The maximum Gasteiger partial charge on any atom is 0.241 e. The lowest BCUT2D eigenvalue weighted by molar-refractivity contribution is -0.121. The van der Waals surface area contributed by atoms with Crippen LogP contribution in [0.2, 0.25) is 0 Å². The van der Waals surface area contributed by atoms with Gasteiger partial charge in [0.25, 0.3) is 0 Å². The van der Waals surface area contributed by atoms with Gasteiger partial charge in [-0.3, -0.25) is 9.69 Å². The van der Waals surface area contributed by atoms with Crippen LogP contribution in [0, 0.1) is 0 Å². The van der Waals surface area contributed by atoms with E-state index in [0.29, 0.717) is 18.3 Å². The highest BCUT2D eigenvalue weighted by atomic mass is 16.5. The third-order valence-corrected chi connectivity index (χ3v) is 3.62. The average molecular weight is 277 g/mol. The third-order valence-electron chi connectivity index (χ3n) is 3.62. The van der Waals surface area contributed by atoms with Crippen molar-refractivity contribution < 1.29 is 9.53 Å². The first-order valence-electron chi connectivity index (χ1n) is 7.03. The van der Waals surface area contributed by atoms with Gasteiger partial charge in [-0.05, 0) is 44.0 Å². The van der Waals surface area contributed by atoms with Gasteiger partial charge in [0.2, 0.25) is 5.91 Å². The van der Waals surface area contributed by atoms with Gasteiger partial charge in [0.15, 0.2) is 0 Å². The fraction of sp³-hybridized carbons (Fsp3) is 0.533. The molecule has 1 amide bonds. The van der Waals surface area contributed by atoms with Gasteiger partial charge in [0.1, 0.15) is 0 Å². The van der Waals surface area contributed by atoms with Gasteiger partial charge in [0.05, 0.1) is 12.6 Å². The molecule has 1 atom stereocenters. The summed E-state index contributed by atoms with van der Waals surface area (Å²) in [7, 11) is 1.68. The maximum atomic E-state index is 12.3. The van der Waals surface area contributed by atoms with E-state index in [1.165, 1.54) is 12.8 Å². The number of amides is 1. The molecule has 1 saturated carbocycles. The third kappa shape index (κ3) is 3.95. The molecule has 1 aliphatic rings. The Hall–Kier alpha value is -1.59. The number of nitrogen functional groups attached to an aromatic ring is 1. The number of nitrogens with one attached hydrogen (secondary N) is 1. The van der Waals surface area contributed by atoms with Gasteiger partial charge in [-0.25, -0.2) is 0 Å². The molecule has 0 saturated heterocycles. The van der Waals surface area contributed by atoms with Gasteiger partial charge in [-0.2, -0.15) is 0 Å². The fourth-order valence-electron chi connectivity index (χ4n) is 2.26. The predicted octanol–water partition coefficient (Wildman–Crippen LogP) is 1.71. The number of benzene rings is 1. The SMILES string of the molecule is COCCN(C1CC1)C(C)C(=O)Nc1ccc(N)cc1. The second kappa shape index (κ2) is 6.72. The lowest BCUT2D eigenvalue weighted by Crippen LogP contribution is -2.44. The second-order valence-electron chi connectivity index (χ2n) is 5.25. The van der Waals surface area contributed by atoms with Crippen molar-refractivity contribution in [2.24, 2.45) is 0 Å². The summed E-state index contributed by atoms with van der Waals surface area (Å²) in [6, 6.07) is 7.56. The topological polar surface area (TPSA) is 67.6 Å². The summed E-state index contributed by atoms with van der Waals surface area (Å²) < 4.78 is 5.12. The van der Waals surface area contributed by atoms with Crippen molar-refractivity contribution >= 4 is 17.3 Å². The van der Waals surface area contributed by atoms with Gasteiger partial charge in [0, 0.05) is 31.1 Å². The minimum Gasteiger partial charge on any atom is -0.399 e. The normalized spacial score (nSPS) is 16.1. The van der Waals surface area contributed by atoms with Crippen molar-refractivity contribution in [2.45, 2.75) is 31.8 Å². The average Bonchev–Trinajstić information content (AvgIpc) is 3.26. The molecule has 0 heterocycles. The minimum absolute atomic E-state index is 0.0118. The van der Waals surface area contributed by atoms with Crippen molar-refractivity contribution in [1.82, 2.24) is 4.90 Å². The van der Waals surface area contributed by atoms with Gasteiger partial charge >= 0.3 is 0 Å². The molecule has 1 aromatic rings. The molecule has 1 aliphatic carbocycles. The molecule has 5 heteroatoms. The molecule has 1 fully saturated rings. The van der Waals surface area contributed by atoms with Crippen LogP contribution in [0.3, 0.4) is 0 Å². The first-order valence-corrected chi connectivity index (χ1v) is 7.03. The first-order chi connectivity index (χ1) is 9.61. The van der Waals surface area contributed by atoms with E-state index in [-0.39, 0.29) is 11.9 Å². The molecule has 0 bridgehead atoms. The largest absolute Gasteiger partial charge is 0.399 e. The molecular weight excluding hydrogens is 254 g/mol. The summed E-state index contributed by atoms with van der Waals surface area (Å²) >= 11 is 0. The highest BCUT2D eigenvalue weighted by Gasteiger charge is 2.34. The molecule has 3 N–H and O–H groups in total. The zero-order valence-corrected chi connectivity index (χ0v) is 12.1. The second-order valence-corrected chi connectivity index (χ2v) is 5.25. The van der Waals surface area contributed by atoms with E-state index in [9.17, 15) is 4.79 Å². The first kappa shape index (κ1) is 14.8. The Kier molecular flexibility index (Phi) is 4.98. The number of nitrogens with two attached hydrogens (primary N) is 1. The maximum absolute atomic E-state index is 12.3. The van der Waals surface area contributed by atoms with Crippen LogP contribution in [0.4, 0.5) is 11.4 Å². The van der Waals surface area contributed by atoms with Gasteiger partial charge in [-0.1, -0.05) is 0 Å². The standard InChI is InChI=1S/C15H23N3O2/c1-11(18(9-10-20-2)14-7-8-14)15(19)17-13-5-3-12(16)4-6-13/h3-6,11,14H,7-10,16H2,1-2H3,(H,17,19).